The number of aliphatic carboxylic acids is 1. The molecule has 0 saturated carbocycles. The minimum Gasteiger partial charge on any atom is -0.481 e. The van der Waals surface area contributed by atoms with Gasteiger partial charge in [-0.25, -0.2) is 0 Å². The van der Waals surface area contributed by atoms with Crippen LogP contribution in [-0.4, -0.2) is 53.1 Å². The van der Waals surface area contributed by atoms with Gasteiger partial charge in [-0.05, 0) is 24.6 Å². The Labute approximate surface area is 121 Å². The fraction of sp³-hybridized carbons (Fsp3) is 0.562. The molecule has 2 rings (SSSR count). The second-order valence-corrected chi connectivity index (χ2v) is 5.60. The van der Waals surface area contributed by atoms with Crippen LogP contribution in [0.3, 0.4) is 0 Å². The molecule has 1 heterocycles. The van der Waals surface area contributed by atoms with Gasteiger partial charge in [-0.3, -0.25) is 14.6 Å². The van der Waals surface area contributed by atoms with Gasteiger partial charge in [0.2, 0.25) is 0 Å². The molecule has 1 aliphatic heterocycles. The normalized spacial score (nSPS) is 21.0. The maximum Gasteiger partial charge on any atom is 0.307 e. The highest BCUT2D eigenvalue weighted by Gasteiger charge is 2.21. The van der Waals surface area contributed by atoms with E-state index in [4.69, 9.17) is 5.11 Å². The van der Waals surface area contributed by atoms with E-state index in [0.717, 1.165) is 38.3 Å². The summed E-state index contributed by atoms with van der Waals surface area (Å²) in [5, 5.41) is 8.76. The Morgan fingerprint density at radius 2 is 1.90 bits per heavy atom. The van der Waals surface area contributed by atoms with Crippen LogP contribution in [0.1, 0.15) is 25.0 Å². The summed E-state index contributed by atoms with van der Waals surface area (Å²) in [6, 6.07) is 8.56. The number of carboxylic acids is 1. The van der Waals surface area contributed by atoms with Crippen LogP contribution in [0.5, 0.6) is 0 Å². The van der Waals surface area contributed by atoms with Gasteiger partial charge >= 0.3 is 5.97 Å². The van der Waals surface area contributed by atoms with Crippen LogP contribution in [0.15, 0.2) is 24.3 Å². The minimum atomic E-state index is -0.776. The van der Waals surface area contributed by atoms with E-state index in [9.17, 15) is 4.79 Å². The lowest BCUT2D eigenvalue weighted by Crippen LogP contribution is -2.51. The van der Waals surface area contributed by atoms with E-state index in [1.807, 2.05) is 12.1 Å². The first-order chi connectivity index (χ1) is 9.58. The van der Waals surface area contributed by atoms with Crippen molar-refractivity contribution in [3.8, 4) is 0 Å². The monoisotopic (exact) mass is 276 g/mol. The van der Waals surface area contributed by atoms with Gasteiger partial charge in [-0.2, -0.15) is 0 Å². The fourth-order valence-electron chi connectivity index (χ4n) is 2.88. The molecule has 1 aliphatic rings. The van der Waals surface area contributed by atoms with Crippen molar-refractivity contribution >= 4 is 5.97 Å². The molecule has 1 N–H and O–H groups in total. The highest BCUT2D eigenvalue weighted by atomic mass is 16.4. The number of benzene rings is 1. The molecular weight excluding hydrogens is 252 g/mol. The number of piperazine rings is 1. The van der Waals surface area contributed by atoms with Crippen LogP contribution in [-0.2, 0) is 17.8 Å². The SMILES string of the molecule is CCN1CCN(Cc2ccc(CC(=O)O)cc2)CC1C. The summed E-state index contributed by atoms with van der Waals surface area (Å²) < 4.78 is 0. The molecule has 1 fully saturated rings. The van der Waals surface area contributed by atoms with Crippen molar-refractivity contribution in [1.29, 1.82) is 0 Å². The first-order valence-electron chi connectivity index (χ1n) is 7.34. The number of likely N-dealkylation sites (N-methyl/N-ethyl adjacent to an activating group) is 1. The van der Waals surface area contributed by atoms with Gasteiger partial charge < -0.3 is 5.11 Å². The van der Waals surface area contributed by atoms with Crippen molar-refractivity contribution in [2.45, 2.75) is 32.9 Å². The van der Waals surface area contributed by atoms with Gasteiger partial charge in [0.1, 0.15) is 0 Å². The largest absolute Gasteiger partial charge is 0.481 e. The minimum absolute atomic E-state index is 0.104. The molecule has 110 valence electrons. The lowest BCUT2D eigenvalue weighted by molar-refractivity contribution is -0.136. The van der Waals surface area contributed by atoms with Gasteiger partial charge in [-0.1, -0.05) is 31.2 Å². The van der Waals surface area contributed by atoms with Gasteiger partial charge in [-0.15, -0.1) is 0 Å². The molecule has 0 radical (unpaired) electrons. The average Bonchev–Trinajstić information content (AvgIpc) is 2.41. The smallest absolute Gasteiger partial charge is 0.307 e. The Bertz CT molecular complexity index is 444. The molecule has 0 spiro atoms. The van der Waals surface area contributed by atoms with Crippen molar-refractivity contribution in [3.05, 3.63) is 35.4 Å². The second-order valence-electron chi connectivity index (χ2n) is 5.60. The van der Waals surface area contributed by atoms with E-state index in [0.29, 0.717) is 6.04 Å². The summed E-state index contributed by atoms with van der Waals surface area (Å²) in [4.78, 5) is 15.6. The summed E-state index contributed by atoms with van der Waals surface area (Å²) in [6.45, 7) is 9.92. The average molecular weight is 276 g/mol. The maximum atomic E-state index is 10.7. The molecule has 1 saturated heterocycles. The number of carbonyl (C=O) groups is 1. The quantitative estimate of drug-likeness (QED) is 0.891. The number of hydrogen-bond acceptors (Lipinski definition) is 3. The Morgan fingerprint density at radius 3 is 2.45 bits per heavy atom. The van der Waals surface area contributed by atoms with Crippen molar-refractivity contribution in [1.82, 2.24) is 9.80 Å². The molecule has 1 unspecified atom stereocenters. The van der Waals surface area contributed by atoms with Crippen molar-refractivity contribution in [2.75, 3.05) is 26.2 Å². The van der Waals surface area contributed by atoms with Crippen molar-refractivity contribution in [2.24, 2.45) is 0 Å². The van der Waals surface area contributed by atoms with Crippen LogP contribution in [0.2, 0.25) is 0 Å². The summed E-state index contributed by atoms with van der Waals surface area (Å²) in [5.41, 5.74) is 2.13. The zero-order valence-corrected chi connectivity index (χ0v) is 12.4. The molecule has 0 aliphatic carbocycles. The van der Waals surface area contributed by atoms with E-state index in [1.165, 1.54) is 5.56 Å². The van der Waals surface area contributed by atoms with Crippen molar-refractivity contribution < 1.29 is 9.90 Å². The third kappa shape index (κ3) is 4.05. The molecule has 1 aromatic rings. The molecule has 20 heavy (non-hydrogen) atoms. The van der Waals surface area contributed by atoms with Crippen LogP contribution in [0.25, 0.3) is 0 Å². The Morgan fingerprint density at radius 1 is 1.25 bits per heavy atom. The number of carboxylic acid groups (broad SMARTS) is 1. The second kappa shape index (κ2) is 6.86. The maximum absolute atomic E-state index is 10.7. The predicted octanol–water partition coefficient (Wildman–Crippen LogP) is 1.84. The Balaban J connectivity index is 1.89. The molecule has 4 nitrogen and oxygen atoms in total. The molecular formula is C16H24N2O2. The summed E-state index contributed by atoms with van der Waals surface area (Å²) >= 11 is 0. The lowest BCUT2D eigenvalue weighted by atomic mass is 10.1. The number of nitrogens with zero attached hydrogens (tertiary/aromatic N) is 2. The van der Waals surface area contributed by atoms with Crippen LogP contribution in [0, 0.1) is 0 Å². The van der Waals surface area contributed by atoms with E-state index < -0.39 is 5.97 Å². The zero-order valence-electron chi connectivity index (χ0n) is 12.4. The molecule has 0 aromatic heterocycles. The highest BCUT2D eigenvalue weighted by Crippen LogP contribution is 2.13. The first kappa shape index (κ1) is 15.0. The summed E-state index contributed by atoms with van der Waals surface area (Å²) in [5.74, 6) is -0.776. The molecule has 0 amide bonds. The van der Waals surface area contributed by atoms with Crippen molar-refractivity contribution in [3.63, 3.8) is 0 Å². The number of hydrogen-bond donors (Lipinski definition) is 1. The highest BCUT2D eigenvalue weighted by molar-refractivity contribution is 5.70. The Hall–Kier alpha value is -1.39. The number of rotatable bonds is 5. The van der Waals surface area contributed by atoms with E-state index in [2.05, 4.69) is 35.8 Å². The third-order valence-electron chi connectivity index (χ3n) is 4.04. The molecule has 1 atom stereocenters. The predicted molar refractivity (Wildman–Crippen MR) is 79.8 cm³/mol. The molecule has 4 heteroatoms. The lowest BCUT2D eigenvalue weighted by Gasteiger charge is -2.39. The standard InChI is InChI=1S/C16H24N2O2/c1-3-18-9-8-17(11-13(18)2)12-15-6-4-14(5-7-15)10-16(19)20/h4-7,13H,3,8-12H2,1-2H3,(H,19,20). The fourth-order valence-corrected chi connectivity index (χ4v) is 2.88. The van der Waals surface area contributed by atoms with E-state index in [1.54, 1.807) is 0 Å². The topological polar surface area (TPSA) is 43.8 Å². The Kier molecular flexibility index (Phi) is 5.15. The van der Waals surface area contributed by atoms with Gasteiger partial charge in [0.25, 0.3) is 0 Å². The van der Waals surface area contributed by atoms with Gasteiger partial charge in [0, 0.05) is 32.2 Å². The molecule has 0 bridgehead atoms. The van der Waals surface area contributed by atoms with Crippen LogP contribution in [0.4, 0.5) is 0 Å². The van der Waals surface area contributed by atoms with E-state index in [-0.39, 0.29) is 6.42 Å². The van der Waals surface area contributed by atoms with Crippen LogP contribution < -0.4 is 0 Å². The first-order valence-corrected chi connectivity index (χ1v) is 7.34. The van der Waals surface area contributed by atoms with E-state index >= 15 is 0 Å². The van der Waals surface area contributed by atoms with Gasteiger partial charge in [0.15, 0.2) is 0 Å². The summed E-state index contributed by atoms with van der Waals surface area (Å²) in [6.07, 6.45) is 0.104. The zero-order chi connectivity index (χ0) is 14.5. The van der Waals surface area contributed by atoms with Crippen LogP contribution >= 0.6 is 0 Å². The molecule has 1 aromatic carbocycles. The third-order valence-corrected chi connectivity index (χ3v) is 4.04. The summed E-state index contributed by atoms with van der Waals surface area (Å²) in [7, 11) is 0. The van der Waals surface area contributed by atoms with Gasteiger partial charge in [0.05, 0.1) is 6.42 Å².